The van der Waals surface area contributed by atoms with Crippen LogP contribution in [0.2, 0.25) is 0 Å². The second-order valence-electron chi connectivity index (χ2n) is 5.38. The van der Waals surface area contributed by atoms with Gasteiger partial charge in [0.1, 0.15) is 11.6 Å². The standard InChI is InChI=1S/C15H18F2N2O2/c1-9(18)15(21)19-6-4-10(5-7-19)14(20)12-8-11(16)2-3-13(12)17/h2-3,8-10H,4-7,18H2,1H3/t9-/m1/s1. The first-order valence-electron chi connectivity index (χ1n) is 6.93. The molecule has 0 spiro atoms. The number of carbonyl (C=O) groups is 2. The van der Waals surface area contributed by atoms with Crippen molar-refractivity contribution in [2.45, 2.75) is 25.8 Å². The van der Waals surface area contributed by atoms with Crippen molar-refractivity contribution in [3.63, 3.8) is 0 Å². The van der Waals surface area contributed by atoms with Crippen molar-refractivity contribution in [1.29, 1.82) is 0 Å². The van der Waals surface area contributed by atoms with Crippen LogP contribution in [0.15, 0.2) is 18.2 Å². The molecule has 0 bridgehead atoms. The van der Waals surface area contributed by atoms with Crippen LogP contribution in [0.4, 0.5) is 8.78 Å². The van der Waals surface area contributed by atoms with Crippen LogP contribution in [0.3, 0.4) is 0 Å². The number of rotatable bonds is 3. The van der Waals surface area contributed by atoms with E-state index in [1.165, 1.54) is 0 Å². The summed E-state index contributed by atoms with van der Waals surface area (Å²) in [6.07, 6.45) is 0.875. The van der Waals surface area contributed by atoms with Gasteiger partial charge in [0.15, 0.2) is 5.78 Å². The molecule has 0 radical (unpaired) electrons. The Bertz CT molecular complexity index is 553. The number of amides is 1. The molecule has 4 nitrogen and oxygen atoms in total. The quantitative estimate of drug-likeness (QED) is 0.864. The number of benzene rings is 1. The van der Waals surface area contributed by atoms with E-state index in [-0.39, 0.29) is 11.5 Å². The molecule has 1 aromatic carbocycles. The number of hydrogen-bond donors (Lipinski definition) is 1. The Morgan fingerprint density at radius 3 is 2.48 bits per heavy atom. The van der Waals surface area contributed by atoms with Crippen molar-refractivity contribution in [2.24, 2.45) is 11.7 Å². The van der Waals surface area contributed by atoms with Crippen molar-refractivity contribution in [3.05, 3.63) is 35.4 Å². The Labute approximate surface area is 121 Å². The molecule has 1 aromatic rings. The van der Waals surface area contributed by atoms with Crippen LogP contribution in [0.25, 0.3) is 0 Å². The predicted octanol–water partition coefficient (Wildman–Crippen LogP) is 1.73. The highest BCUT2D eigenvalue weighted by Gasteiger charge is 2.30. The molecule has 2 N–H and O–H groups in total. The number of nitrogens with two attached hydrogens (primary N) is 1. The molecule has 2 rings (SSSR count). The molecular weight excluding hydrogens is 278 g/mol. The van der Waals surface area contributed by atoms with Gasteiger partial charge in [-0.05, 0) is 38.0 Å². The van der Waals surface area contributed by atoms with E-state index >= 15 is 0 Å². The lowest BCUT2D eigenvalue weighted by molar-refractivity contribution is -0.133. The summed E-state index contributed by atoms with van der Waals surface area (Å²) in [5.41, 5.74) is 5.32. The number of carbonyl (C=O) groups excluding carboxylic acids is 2. The maximum absolute atomic E-state index is 13.6. The van der Waals surface area contributed by atoms with Gasteiger partial charge in [-0.15, -0.1) is 0 Å². The normalized spacial score (nSPS) is 17.6. The molecule has 0 unspecified atom stereocenters. The molecule has 1 aliphatic rings. The summed E-state index contributed by atoms with van der Waals surface area (Å²) >= 11 is 0. The molecule has 114 valence electrons. The number of hydrogen-bond acceptors (Lipinski definition) is 3. The Kier molecular flexibility index (Phi) is 4.67. The van der Waals surface area contributed by atoms with E-state index < -0.39 is 29.4 Å². The first kappa shape index (κ1) is 15.6. The summed E-state index contributed by atoms with van der Waals surface area (Å²) in [7, 11) is 0. The smallest absolute Gasteiger partial charge is 0.239 e. The highest BCUT2D eigenvalue weighted by Crippen LogP contribution is 2.24. The Morgan fingerprint density at radius 2 is 1.90 bits per heavy atom. The van der Waals surface area contributed by atoms with Crippen LogP contribution in [0, 0.1) is 17.6 Å². The molecule has 21 heavy (non-hydrogen) atoms. The minimum atomic E-state index is -0.713. The zero-order chi connectivity index (χ0) is 15.6. The lowest BCUT2D eigenvalue weighted by atomic mass is 9.88. The Balaban J connectivity index is 2.03. The molecule has 0 aromatic heterocycles. The maximum atomic E-state index is 13.6. The molecule has 1 saturated heterocycles. The zero-order valence-corrected chi connectivity index (χ0v) is 11.8. The molecule has 1 heterocycles. The second-order valence-corrected chi connectivity index (χ2v) is 5.38. The third-order valence-corrected chi connectivity index (χ3v) is 3.76. The lowest BCUT2D eigenvalue weighted by Gasteiger charge is -2.32. The van der Waals surface area contributed by atoms with E-state index in [0.717, 1.165) is 18.2 Å². The van der Waals surface area contributed by atoms with Crippen LogP contribution in [-0.2, 0) is 4.79 Å². The molecule has 1 amide bonds. The van der Waals surface area contributed by atoms with Gasteiger partial charge >= 0.3 is 0 Å². The van der Waals surface area contributed by atoms with Gasteiger partial charge in [-0.25, -0.2) is 8.78 Å². The minimum absolute atomic E-state index is 0.155. The second kappa shape index (κ2) is 6.30. The van der Waals surface area contributed by atoms with Gasteiger partial charge in [0.25, 0.3) is 0 Å². The van der Waals surface area contributed by atoms with E-state index in [1.54, 1.807) is 11.8 Å². The predicted molar refractivity (Wildman–Crippen MR) is 73.6 cm³/mol. The highest BCUT2D eigenvalue weighted by molar-refractivity contribution is 5.98. The summed E-state index contributed by atoms with van der Waals surface area (Å²) in [6.45, 7) is 2.43. The number of nitrogens with zero attached hydrogens (tertiary/aromatic N) is 1. The minimum Gasteiger partial charge on any atom is -0.341 e. The Morgan fingerprint density at radius 1 is 1.29 bits per heavy atom. The topological polar surface area (TPSA) is 63.4 Å². The number of ketones is 1. The molecule has 1 aliphatic heterocycles. The van der Waals surface area contributed by atoms with Gasteiger partial charge in [0.05, 0.1) is 11.6 Å². The van der Waals surface area contributed by atoms with Crippen LogP contribution in [0.5, 0.6) is 0 Å². The van der Waals surface area contributed by atoms with E-state index in [0.29, 0.717) is 25.9 Å². The molecule has 1 fully saturated rings. The summed E-state index contributed by atoms with van der Waals surface area (Å²) in [5, 5.41) is 0. The SMILES string of the molecule is C[C@@H](N)C(=O)N1CCC(C(=O)c2cc(F)ccc2F)CC1. The monoisotopic (exact) mass is 296 g/mol. The molecule has 1 atom stereocenters. The number of likely N-dealkylation sites (tertiary alicyclic amines) is 1. The van der Waals surface area contributed by atoms with Gasteiger partial charge in [-0.3, -0.25) is 9.59 Å². The Hall–Kier alpha value is -1.82. The van der Waals surface area contributed by atoms with Gasteiger partial charge in [0, 0.05) is 19.0 Å². The van der Waals surface area contributed by atoms with Gasteiger partial charge in [-0.1, -0.05) is 0 Å². The lowest BCUT2D eigenvalue weighted by Crippen LogP contribution is -2.46. The fraction of sp³-hybridized carbons (Fsp3) is 0.467. The molecule has 0 saturated carbocycles. The first-order valence-corrected chi connectivity index (χ1v) is 6.93. The molecule has 6 heteroatoms. The zero-order valence-electron chi connectivity index (χ0n) is 11.8. The van der Waals surface area contributed by atoms with Gasteiger partial charge in [0.2, 0.25) is 5.91 Å². The van der Waals surface area contributed by atoms with E-state index in [4.69, 9.17) is 5.73 Å². The van der Waals surface area contributed by atoms with Gasteiger partial charge < -0.3 is 10.6 Å². The van der Waals surface area contributed by atoms with Crippen LogP contribution in [-0.4, -0.2) is 35.7 Å². The van der Waals surface area contributed by atoms with E-state index in [1.807, 2.05) is 0 Å². The number of piperidine rings is 1. The number of halogens is 2. The summed E-state index contributed by atoms with van der Waals surface area (Å²) < 4.78 is 26.8. The van der Waals surface area contributed by atoms with Crippen LogP contribution in [0.1, 0.15) is 30.1 Å². The third kappa shape index (κ3) is 3.44. The van der Waals surface area contributed by atoms with Crippen molar-refractivity contribution in [2.75, 3.05) is 13.1 Å². The average molecular weight is 296 g/mol. The average Bonchev–Trinajstić information content (AvgIpc) is 2.48. The maximum Gasteiger partial charge on any atom is 0.239 e. The molecule has 0 aliphatic carbocycles. The van der Waals surface area contributed by atoms with Crippen molar-refractivity contribution >= 4 is 11.7 Å². The van der Waals surface area contributed by atoms with Crippen LogP contribution >= 0.6 is 0 Å². The fourth-order valence-electron chi connectivity index (χ4n) is 2.56. The van der Waals surface area contributed by atoms with E-state index in [2.05, 4.69) is 0 Å². The highest BCUT2D eigenvalue weighted by atomic mass is 19.1. The van der Waals surface area contributed by atoms with Crippen molar-refractivity contribution in [1.82, 2.24) is 4.90 Å². The summed E-state index contributed by atoms with van der Waals surface area (Å²) in [6, 6.07) is 2.29. The van der Waals surface area contributed by atoms with Crippen LogP contribution < -0.4 is 5.73 Å². The largest absolute Gasteiger partial charge is 0.341 e. The third-order valence-electron chi connectivity index (χ3n) is 3.76. The van der Waals surface area contributed by atoms with Crippen molar-refractivity contribution < 1.29 is 18.4 Å². The summed E-state index contributed by atoms with van der Waals surface area (Å²) in [5.74, 6) is -2.30. The summed E-state index contributed by atoms with van der Waals surface area (Å²) in [4.78, 5) is 25.6. The molecular formula is C15H18F2N2O2. The van der Waals surface area contributed by atoms with Gasteiger partial charge in [-0.2, -0.15) is 0 Å². The van der Waals surface area contributed by atoms with E-state index in [9.17, 15) is 18.4 Å². The van der Waals surface area contributed by atoms with Crippen molar-refractivity contribution in [3.8, 4) is 0 Å². The fourth-order valence-corrected chi connectivity index (χ4v) is 2.56. The number of Topliss-reactive ketones (excluding diaryl/α,β-unsaturated/α-hetero) is 1. The first-order chi connectivity index (χ1) is 9.90.